The van der Waals surface area contributed by atoms with E-state index in [0.29, 0.717) is 6.54 Å². The third kappa shape index (κ3) is 6.06. The van der Waals surface area contributed by atoms with Crippen molar-refractivity contribution in [2.75, 3.05) is 18.9 Å². The van der Waals surface area contributed by atoms with Gasteiger partial charge in [0, 0.05) is 18.8 Å². The number of rotatable bonds is 6. The molecule has 0 atom stereocenters. The molecule has 4 nitrogen and oxygen atoms in total. The molecule has 1 aromatic carbocycles. The van der Waals surface area contributed by atoms with Crippen LogP contribution < -0.4 is 5.73 Å². The van der Waals surface area contributed by atoms with E-state index in [0.717, 1.165) is 24.2 Å². The number of nitrogen functional groups attached to an aromatic ring is 1. The Kier molecular flexibility index (Phi) is 6.02. The van der Waals surface area contributed by atoms with Gasteiger partial charge in [0.2, 0.25) is 5.91 Å². The first-order chi connectivity index (χ1) is 9.31. The summed E-state index contributed by atoms with van der Waals surface area (Å²) >= 11 is 0. The van der Waals surface area contributed by atoms with Crippen molar-refractivity contribution >= 4 is 11.6 Å². The normalized spacial score (nSPS) is 11.4. The van der Waals surface area contributed by atoms with E-state index in [4.69, 9.17) is 10.5 Å². The van der Waals surface area contributed by atoms with Crippen molar-refractivity contribution in [2.45, 2.75) is 46.3 Å². The van der Waals surface area contributed by atoms with Gasteiger partial charge in [-0.3, -0.25) is 4.79 Å². The summed E-state index contributed by atoms with van der Waals surface area (Å²) in [5, 5.41) is 0. The third-order valence-electron chi connectivity index (χ3n) is 2.83. The lowest BCUT2D eigenvalue weighted by Gasteiger charge is -2.25. The molecule has 0 aliphatic carbocycles. The Morgan fingerprint density at radius 2 is 1.85 bits per heavy atom. The Morgan fingerprint density at radius 3 is 2.35 bits per heavy atom. The van der Waals surface area contributed by atoms with Crippen molar-refractivity contribution in [2.24, 2.45) is 0 Å². The Labute approximate surface area is 121 Å². The highest BCUT2D eigenvalue weighted by molar-refractivity contribution is 5.77. The quantitative estimate of drug-likeness (QED) is 0.814. The van der Waals surface area contributed by atoms with Gasteiger partial charge in [0.25, 0.3) is 0 Å². The van der Waals surface area contributed by atoms with Crippen molar-refractivity contribution in [1.82, 2.24) is 4.90 Å². The van der Waals surface area contributed by atoms with Crippen LogP contribution in [0, 0.1) is 0 Å². The van der Waals surface area contributed by atoms with E-state index >= 15 is 0 Å². The smallest absolute Gasteiger partial charge is 0.248 e. The lowest BCUT2D eigenvalue weighted by atomic mass is 10.2. The molecule has 0 aromatic heterocycles. The second-order valence-corrected chi connectivity index (χ2v) is 5.96. The van der Waals surface area contributed by atoms with Crippen molar-refractivity contribution < 1.29 is 9.53 Å². The Balaban J connectivity index is 2.63. The van der Waals surface area contributed by atoms with Crippen LogP contribution in [0.3, 0.4) is 0 Å². The molecule has 0 saturated carbocycles. The van der Waals surface area contributed by atoms with E-state index in [1.807, 2.05) is 49.9 Å². The zero-order chi connectivity index (χ0) is 15.2. The molecule has 20 heavy (non-hydrogen) atoms. The second kappa shape index (κ2) is 7.29. The van der Waals surface area contributed by atoms with Gasteiger partial charge in [-0.1, -0.05) is 19.1 Å². The van der Waals surface area contributed by atoms with E-state index in [1.54, 1.807) is 0 Å². The molecule has 0 spiro atoms. The molecule has 2 N–H and O–H groups in total. The molecule has 0 aliphatic rings. The summed E-state index contributed by atoms with van der Waals surface area (Å²) in [6.45, 7) is 9.36. The fourth-order valence-corrected chi connectivity index (χ4v) is 1.77. The number of amides is 1. The number of carbonyl (C=O) groups is 1. The Hall–Kier alpha value is -1.55. The number of hydrogen-bond acceptors (Lipinski definition) is 3. The molecule has 0 unspecified atom stereocenters. The summed E-state index contributed by atoms with van der Waals surface area (Å²) < 4.78 is 5.56. The summed E-state index contributed by atoms with van der Waals surface area (Å²) in [6.07, 6.45) is 0.927. The third-order valence-corrected chi connectivity index (χ3v) is 2.83. The molecule has 0 aliphatic heterocycles. The topological polar surface area (TPSA) is 55.6 Å². The highest BCUT2D eigenvalue weighted by Gasteiger charge is 2.17. The van der Waals surface area contributed by atoms with Crippen LogP contribution in [0.25, 0.3) is 0 Å². The summed E-state index contributed by atoms with van der Waals surface area (Å²) in [5.41, 5.74) is 7.19. The van der Waals surface area contributed by atoms with Crippen LogP contribution in [0.15, 0.2) is 24.3 Å². The standard InChI is InChI=1S/C16H26N2O2/c1-5-10-18(15(19)12-20-16(2,3)4)11-13-6-8-14(17)9-7-13/h6-9H,5,10-12,17H2,1-4H3. The van der Waals surface area contributed by atoms with Crippen LogP contribution in [0.2, 0.25) is 0 Å². The fourth-order valence-electron chi connectivity index (χ4n) is 1.77. The summed E-state index contributed by atoms with van der Waals surface area (Å²) in [6, 6.07) is 7.62. The molecule has 1 amide bonds. The predicted molar refractivity (Wildman–Crippen MR) is 82.3 cm³/mol. The molecule has 0 fully saturated rings. The number of ether oxygens (including phenoxy) is 1. The number of carbonyl (C=O) groups excluding carboxylic acids is 1. The lowest BCUT2D eigenvalue weighted by Crippen LogP contribution is -2.36. The second-order valence-electron chi connectivity index (χ2n) is 5.96. The SMILES string of the molecule is CCCN(Cc1ccc(N)cc1)C(=O)COC(C)(C)C. The maximum Gasteiger partial charge on any atom is 0.248 e. The molecule has 4 heteroatoms. The van der Waals surface area contributed by atoms with E-state index in [9.17, 15) is 4.79 Å². The van der Waals surface area contributed by atoms with Gasteiger partial charge >= 0.3 is 0 Å². The average molecular weight is 278 g/mol. The average Bonchev–Trinajstić information content (AvgIpc) is 2.37. The van der Waals surface area contributed by atoms with E-state index in [1.165, 1.54) is 0 Å². The van der Waals surface area contributed by atoms with Crippen LogP contribution in [0.4, 0.5) is 5.69 Å². The van der Waals surface area contributed by atoms with Gasteiger partial charge in [-0.05, 0) is 44.9 Å². The molecular weight excluding hydrogens is 252 g/mol. The molecule has 0 bridgehead atoms. The van der Waals surface area contributed by atoms with Gasteiger partial charge in [-0.2, -0.15) is 0 Å². The van der Waals surface area contributed by atoms with E-state index in [2.05, 4.69) is 6.92 Å². The van der Waals surface area contributed by atoms with Crippen molar-refractivity contribution in [1.29, 1.82) is 0 Å². The van der Waals surface area contributed by atoms with Gasteiger partial charge < -0.3 is 15.4 Å². The molecule has 1 rings (SSSR count). The monoisotopic (exact) mass is 278 g/mol. The minimum absolute atomic E-state index is 0.0265. The zero-order valence-corrected chi connectivity index (χ0v) is 13.0. The predicted octanol–water partition coefficient (Wildman–Crippen LogP) is 2.82. The molecule has 0 saturated heterocycles. The van der Waals surface area contributed by atoms with E-state index in [-0.39, 0.29) is 18.1 Å². The minimum Gasteiger partial charge on any atom is -0.399 e. The van der Waals surface area contributed by atoms with Crippen LogP contribution >= 0.6 is 0 Å². The maximum atomic E-state index is 12.2. The van der Waals surface area contributed by atoms with Gasteiger partial charge in [0.05, 0.1) is 5.60 Å². The molecule has 0 heterocycles. The fraction of sp³-hybridized carbons (Fsp3) is 0.562. The van der Waals surface area contributed by atoms with Gasteiger partial charge in [0.15, 0.2) is 0 Å². The largest absolute Gasteiger partial charge is 0.399 e. The molecule has 1 aromatic rings. The first-order valence-corrected chi connectivity index (χ1v) is 7.08. The minimum atomic E-state index is -0.297. The van der Waals surface area contributed by atoms with Crippen LogP contribution in [-0.2, 0) is 16.1 Å². The number of nitrogens with zero attached hydrogens (tertiary/aromatic N) is 1. The summed E-state index contributed by atoms with van der Waals surface area (Å²) in [4.78, 5) is 14.1. The van der Waals surface area contributed by atoms with Crippen molar-refractivity contribution in [3.05, 3.63) is 29.8 Å². The first kappa shape index (κ1) is 16.5. The van der Waals surface area contributed by atoms with Crippen molar-refractivity contribution in [3.8, 4) is 0 Å². The van der Waals surface area contributed by atoms with Crippen LogP contribution in [0.5, 0.6) is 0 Å². The van der Waals surface area contributed by atoms with E-state index < -0.39 is 0 Å². The molecule has 0 radical (unpaired) electrons. The Bertz CT molecular complexity index is 421. The van der Waals surface area contributed by atoms with Crippen LogP contribution in [-0.4, -0.2) is 29.6 Å². The van der Waals surface area contributed by atoms with Gasteiger partial charge in [0.1, 0.15) is 6.61 Å². The highest BCUT2D eigenvalue weighted by Crippen LogP contribution is 2.11. The Morgan fingerprint density at radius 1 is 1.25 bits per heavy atom. The lowest BCUT2D eigenvalue weighted by molar-refractivity contribution is -0.141. The highest BCUT2D eigenvalue weighted by atomic mass is 16.5. The zero-order valence-electron chi connectivity index (χ0n) is 13.0. The number of nitrogens with two attached hydrogens (primary N) is 1. The van der Waals surface area contributed by atoms with Crippen LogP contribution in [0.1, 0.15) is 39.7 Å². The van der Waals surface area contributed by atoms with Gasteiger partial charge in [-0.25, -0.2) is 0 Å². The summed E-state index contributed by atoms with van der Waals surface area (Å²) in [7, 11) is 0. The number of anilines is 1. The molecule has 112 valence electrons. The van der Waals surface area contributed by atoms with Crippen molar-refractivity contribution in [3.63, 3.8) is 0 Å². The number of benzene rings is 1. The maximum absolute atomic E-state index is 12.2. The molecular formula is C16H26N2O2. The number of hydrogen-bond donors (Lipinski definition) is 1. The first-order valence-electron chi connectivity index (χ1n) is 7.08. The van der Waals surface area contributed by atoms with Gasteiger partial charge in [-0.15, -0.1) is 0 Å². The summed E-state index contributed by atoms with van der Waals surface area (Å²) in [5.74, 6) is 0.0265.